The van der Waals surface area contributed by atoms with Crippen LogP contribution in [0.3, 0.4) is 0 Å². The maximum atomic E-state index is 12.7. The Morgan fingerprint density at radius 2 is 2.00 bits per heavy atom. The van der Waals surface area contributed by atoms with Crippen LogP contribution in [-0.2, 0) is 6.18 Å². The van der Waals surface area contributed by atoms with Gasteiger partial charge in [0.1, 0.15) is 6.07 Å². The molecule has 0 unspecified atom stereocenters. The molecule has 0 aliphatic carbocycles. The van der Waals surface area contributed by atoms with Crippen molar-refractivity contribution in [3.8, 4) is 6.07 Å². The van der Waals surface area contributed by atoms with E-state index in [2.05, 4.69) is 17.1 Å². The lowest BCUT2D eigenvalue weighted by molar-refractivity contribution is -0.137. The molecule has 1 fully saturated rings. The summed E-state index contributed by atoms with van der Waals surface area (Å²) in [5.41, 5.74) is -0.241. The molecule has 1 heterocycles. The standard InChI is InChI=1S/C17H22F3N3/c1-2-3-8-23-9-6-15(7-10-23)22-16-5-4-14(17(18,19)20)11-13(16)12-21/h4-5,11,15,22H,2-3,6-10H2,1H3. The van der Waals surface area contributed by atoms with E-state index in [-0.39, 0.29) is 11.6 Å². The number of piperidine rings is 1. The van der Waals surface area contributed by atoms with Crippen LogP contribution in [0.4, 0.5) is 18.9 Å². The summed E-state index contributed by atoms with van der Waals surface area (Å²) in [6.07, 6.45) is -0.176. The van der Waals surface area contributed by atoms with Crippen LogP contribution < -0.4 is 5.32 Å². The maximum Gasteiger partial charge on any atom is 0.416 e. The first-order valence-corrected chi connectivity index (χ1v) is 8.04. The van der Waals surface area contributed by atoms with Gasteiger partial charge in [0, 0.05) is 19.1 Å². The molecule has 6 heteroatoms. The fourth-order valence-electron chi connectivity index (χ4n) is 2.84. The number of hydrogen-bond acceptors (Lipinski definition) is 3. The molecular weight excluding hydrogens is 303 g/mol. The summed E-state index contributed by atoms with van der Waals surface area (Å²) < 4.78 is 38.1. The number of hydrogen-bond donors (Lipinski definition) is 1. The van der Waals surface area contributed by atoms with E-state index in [0.717, 1.165) is 44.6 Å². The number of rotatable bonds is 5. The second-order valence-electron chi connectivity index (χ2n) is 5.98. The van der Waals surface area contributed by atoms with Gasteiger partial charge in [0.2, 0.25) is 0 Å². The van der Waals surface area contributed by atoms with Crippen LogP contribution in [0.25, 0.3) is 0 Å². The molecule has 1 aromatic rings. The Balaban J connectivity index is 1.97. The van der Waals surface area contributed by atoms with E-state index in [4.69, 9.17) is 5.26 Å². The summed E-state index contributed by atoms with van der Waals surface area (Å²) in [5, 5.41) is 12.4. The van der Waals surface area contributed by atoms with Gasteiger partial charge >= 0.3 is 6.18 Å². The second kappa shape index (κ2) is 7.69. The first kappa shape index (κ1) is 17.6. The Kier molecular flexibility index (Phi) is 5.89. The zero-order valence-electron chi connectivity index (χ0n) is 13.3. The van der Waals surface area contributed by atoms with Crippen LogP contribution in [0.15, 0.2) is 18.2 Å². The Hall–Kier alpha value is -1.74. The molecule has 1 aliphatic rings. The number of unbranched alkanes of at least 4 members (excludes halogenated alkanes) is 1. The molecule has 23 heavy (non-hydrogen) atoms. The SMILES string of the molecule is CCCCN1CCC(Nc2ccc(C(F)(F)F)cc2C#N)CC1. The van der Waals surface area contributed by atoms with E-state index in [0.29, 0.717) is 5.69 Å². The highest BCUT2D eigenvalue weighted by atomic mass is 19.4. The fourth-order valence-corrected chi connectivity index (χ4v) is 2.84. The molecule has 0 atom stereocenters. The van der Waals surface area contributed by atoms with E-state index < -0.39 is 11.7 Å². The first-order chi connectivity index (χ1) is 10.9. The van der Waals surface area contributed by atoms with Gasteiger partial charge in [0.25, 0.3) is 0 Å². The number of nitriles is 1. The van der Waals surface area contributed by atoms with Crippen LogP contribution in [0, 0.1) is 11.3 Å². The number of benzene rings is 1. The van der Waals surface area contributed by atoms with Crippen LogP contribution in [0.5, 0.6) is 0 Å². The van der Waals surface area contributed by atoms with Crippen molar-refractivity contribution in [2.24, 2.45) is 0 Å². The summed E-state index contributed by atoms with van der Waals surface area (Å²) in [4.78, 5) is 2.42. The molecule has 126 valence electrons. The van der Waals surface area contributed by atoms with Gasteiger partial charge in [-0.25, -0.2) is 0 Å². The number of nitrogens with one attached hydrogen (secondary N) is 1. The van der Waals surface area contributed by atoms with Gasteiger partial charge in [-0.2, -0.15) is 18.4 Å². The number of alkyl halides is 3. The molecule has 1 aliphatic heterocycles. The van der Waals surface area contributed by atoms with Gasteiger partial charge in [0.05, 0.1) is 16.8 Å². The Labute approximate surface area is 135 Å². The third-order valence-corrected chi connectivity index (χ3v) is 4.24. The quantitative estimate of drug-likeness (QED) is 0.879. The summed E-state index contributed by atoms with van der Waals surface area (Å²) >= 11 is 0. The largest absolute Gasteiger partial charge is 0.416 e. The number of nitrogens with zero attached hydrogens (tertiary/aromatic N) is 2. The van der Waals surface area contributed by atoms with Crippen molar-refractivity contribution in [3.63, 3.8) is 0 Å². The first-order valence-electron chi connectivity index (χ1n) is 8.04. The maximum absolute atomic E-state index is 12.7. The molecular formula is C17H22F3N3. The molecule has 0 bridgehead atoms. The highest BCUT2D eigenvalue weighted by molar-refractivity contribution is 5.59. The summed E-state index contributed by atoms with van der Waals surface area (Å²) in [6.45, 7) is 5.25. The van der Waals surface area contributed by atoms with Gasteiger partial charge in [-0.3, -0.25) is 0 Å². The van der Waals surface area contributed by atoms with Crippen molar-refractivity contribution in [1.29, 1.82) is 5.26 Å². The van der Waals surface area contributed by atoms with E-state index in [1.165, 1.54) is 18.9 Å². The molecule has 1 aromatic carbocycles. The summed E-state index contributed by atoms with van der Waals surface area (Å²) in [6, 6.07) is 5.38. The predicted molar refractivity (Wildman–Crippen MR) is 84.2 cm³/mol. The van der Waals surface area contributed by atoms with E-state index in [9.17, 15) is 13.2 Å². The number of halogens is 3. The second-order valence-corrected chi connectivity index (χ2v) is 5.98. The van der Waals surface area contributed by atoms with Gasteiger partial charge in [-0.15, -0.1) is 0 Å². The zero-order valence-corrected chi connectivity index (χ0v) is 13.3. The lowest BCUT2D eigenvalue weighted by Gasteiger charge is -2.33. The third-order valence-electron chi connectivity index (χ3n) is 4.24. The topological polar surface area (TPSA) is 39.1 Å². The lowest BCUT2D eigenvalue weighted by Crippen LogP contribution is -2.39. The predicted octanol–water partition coefficient (Wildman–Crippen LogP) is 4.25. The van der Waals surface area contributed by atoms with Crippen LogP contribution in [0.2, 0.25) is 0 Å². The van der Waals surface area contributed by atoms with Crippen molar-refractivity contribution in [2.45, 2.75) is 44.8 Å². The summed E-state index contributed by atoms with van der Waals surface area (Å²) in [5.74, 6) is 0. The molecule has 0 aromatic heterocycles. The van der Waals surface area contributed by atoms with Crippen molar-refractivity contribution < 1.29 is 13.2 Å². The molecule has 0 saturated carbocycles. The van der Waals surface area contributed by atoms with E-state index >= 15 is 0 Å². The normalized spacial score (nSPS) is 17.0. The Morgan fingerprint density at radius 1 is 1.30 bits per heavy atom. The van der Waals surface area contributed by atoms with Crippen LogP contribution in [-0.4, -0.2) is 30.6 Å². The Morgan fingerprint density at radius 3 is 2.57 bits per heavy atom. The Bertz CT molecular complexity index is 555. The molecule has 0 spiro atoms. The smallest absolute Gasteiger partial charge is 0.381 e. The average Bonchev–Trinajstić information content (AvgIpc) is 2.53. The molecule has 1 N–H and O–H groups in total. The van der Waals surface area contributed by atoms with E-state index in [1.807, 2.05) is 6.07 Å². The van der Waals surface area contributed by atoms with Crippen molar-refractivity contribution in [2.75, 3.05) is 25.0 Å². The van der Waals surface area contributed by atoms with Gasteiger partial charge in [-0.1, -0.05) is 13.3 Å². The molecule has 3 nitrogen and oxygen atoms in total. The van der Waals surface area contributed by atoms with Gasteiger partial charge < -0.3 is 10.2 Å². The zero-order chi connectivity index (χ0) is 16.9. The minimum atomic E-state index is -4.42. The highest BCUT2D eigenvalue weighted by Crippen LogP contribution is 2.32. The van der Waals surface area contributed by atoms with E-state index in [1.54, 1.807) is 0 Å². The van der Waals surface area contributed by atoms with Crippen molar-refractivity contribution in [1.82, 2.24) is 4.90 Å². The molecule has 0 amide bonds. The monoisotopic (exact) mass is 325 g/mol. The fraction of sp³-hybridized carbons (Fsp3) is 0.588. The minimum Gasteiger partial charge on any atom is -0.381 e. The van der Waals surface area contributed by atoms with Crippen LogP contribution >= 0.6 is 0 Å². The molecule has 1 saturated heterocycles. The average molecular weight is 325 g/mol. The van der Waals surface area contributed by atoms with Gasteiger partial charge in [-0.05, 0) is 44.0 Å². The number of likely N-dealkylation sites (tertiary alicyclic amines) is 1. The minimum absolute atomic E-state index is 0.0493. The highest BCUT2D eigenvalue weighted by Gasteiger charge is 2.31. The lowest BCUT2D eigenvalue weighted by atomic mass is 10.0. The van der Waals surface area contributed by atoms with Crippen molar-refractivity contribution >= 4 is 5.69 Å². The van der Waals surface area contributed by atoms with Crippen LogP contribution in [0.1, 0.15) is 43.7 Å². The molecule has 2 rings (SSSR count). The van der Waals surface area contributed by atoms with Gasteiger partial charge in [0.15, 0.2) is 0 Å². The summed E-state index contributed by atoms with van der Waals surface area (Å²) in [7, 11) is 0. The van der Waals surface area contributed by atoms with Crippen molar-refractivity contribution in [3.05, 3.63) is 29.3 Å². The number of anilines is 1. The third kappa shape index (κ3) is 4.87. The molecule has 0 radical (unpaired) electrons.